The zero-order chi connectivity index (χ0) is 18.9. The van der Waals surface area contributed by atoms with Gasteiger partial charge in [-0.25, -0.2) is 0 Å². The summed E-state index contributed by atoms with van der Waals surface area (Å²) in [5.74, 6) is 1.61. The van der Waals surface area contributed by atoms with Crippen molar-refractivity contribution >= 4 is 11.9 Å². The Hall–Kier alpha value is -2.39. The summed E-state index contributed by atoms with van der Waals surface area (Å²) < 4.78 is 5.46. The van der Waals surface area contributed by atoms with E-state index >= 15 is 0 Å². The van der Waals surface area contributed by atoms with Crippen LogP contribution >= 0.6 is 0 Å². The maximum absolute atomic E-state index is 13.2. The lowest BCUT2D eigenvalue weighted by Gasteiger charge is -2.50. The van der Waals surface area contributed by atoms with Crippen LogP contribution in [0.2, 0.25) is 0 Å². The van der Waals surface area contributed by atoms with Crippen LogP contribution in [0, 0.1) is 5.92 Å². The molecule has 2 fully saturated rings. The van der Waals surface area contributed by atoms with E-state index in [1.165, 1.54) is 5.56 Å². The lowest BCUT2D eigenvalue weighted by molar-refractivity contribution is -0.120. The minimum Gasteiger partial charge on any atom is -0.497 e. The van der Waals surface area contributed by atoms with Crippen LogP contribution in [0.5, 0.6) is 5.75 Å². The van der Waals surface area contributed by atoms with Gasteiger partial charge in [-0.2, -0.15) is 0 Å². The molecular formula is C24H27NO2. The first kappa shape index (κ1) is 18.0. The number of hydrogen-bond donors (Lipinski definition) is 0. The second-order valence-electron chi connectivity index (χ2n) is 7.98. The van der Waals surface area contributed by atoms with E-state index < -0.39 is 0 Å². The summed E-state index contributed by atoms with van der Waals surface area (Å²) in [6.07, 6.45) is 4.55. The van der Waals surface area contributed by atoms with Gasteiger partial charge < -0.3 is 9.64 Å². The number of fused-ring (bicyclic) bond motifs is 1. The second-order valence-corrected chi connectivity index (χ2v) is 7.98. The Kier molecular flexibility index (Phi) is 4.88. The highest BCUT2D eigenvalue weighted by molar-refractivity contribution is 6.01. The molecule has 2 aliphatic rings. The molecule has 140 valence electrons. The highest BCUT2D eigenvalue weighted by Gasteiger charge is 2.48. The normalized spacial score (nSPS) is 27.4. The Morgan fingerprint density at radius 2 is 1.96 bits per heavy atom. The number of rotatable bonds is 3. The Labute approximate surface area is 161 Å². The van der Waals surface area contributed by atoms with Crippen LogP contribution in [0.25, 0.3) is 6.08 Å². The second kappa shape index (κ2) is 7.32. The molecule has 3 heteroatoms. The van der Waals surface area contributed by atoms with Gasteiger partial charge in [0.15, 0.2) is 5.78 Å². The summed E-state index contributed by atoms with van der Waals surface area (Å²) in [5.41, 5.74) is 3.26. The largest absolute Gasteiger partial charge is 0.497 e. The average molecular weight is 361 g/mol. The van der Waals surface area contributed by atoms with Crippen LogP contribution < -0.4 is 4.74 Å². The van der Waals surface area contributed by atoms with Gasteiger partial charge in [0.2, 0.25) is 0 Å². The van der Waals surface area contributed by atoms with Crippen molar-refractivity contribution in [3.05, 3.63) is 71.3 Å². The molecule has 0 radical (unpaired) electrons. The SMILES string of the molecule is COc1cccc(C23CCN(C)CC2CC(=Cc2ccccc2)C(=O)C3)c1. The summed E-state index contributed by atoms with van der Waals surface area (Å²) in [4.78, 5) is 15.6. The highest BCUT2D eigenvalue weighted by atomic mass is 16.5. The van der Waals surface area contributed by atoms with Gasteiger partial charge in [0.05, 0.1) is 7.11 Å². The Bertz CT molecular complexity index is 858. The fourth-order valence-corrected chi connectivity index (χ4v) is 4.81. The van der Waals surface area contributed by atoms with Gasteiger partial charge >= 0.3 is 0 Å². The summed E-state index contributed by atoms with van der Waals surface area (Å²) in [6.45, 7) is 2.05. The number of allylic oxidation sites excluding steroid dienone is 1. The van der Waals surface area contributed by atoms with Crippen molar-refractivity contribution in [3.8, 4) is 5.75 Å². The number of Topliss-reactive ketones (excluding diaryl/α,β-unsaturated/α-hetero) is 1. The van der Waals surface area contributed by atoms with E-state index in [1.807, 2.05) is 24.3 Å². The van der Waals surface area contributed by atoms with Crippen molar-refractivity contribution in [2.24, 2.45) is 5.92 Å². The standard InChI is InChI=1S/C24H27NO2/c1-25-12-11-24(20-9-6-10-22(15-20)27-2)16-23(26)19(14-21(24)17-25)13-18-7-4-3-5-8-18/h3-10,13,15,21H,11-12,14,16-17H2,1-2H3. The molecule has 2 aromatic rings. The highest BCUT2D eigenvalue weighted by Crippen LogP contribution is 2.49. The summed E-state index contributed by atoms with van der Waals surface area (Å²) >= 11 is 0. The van der Waals surface area contributed by atoms with Gasteiger partial charge in [-0.05, 0) is 67.3 Å². The molecule has 1 heterocycles. The Morgan fingerprint density at radius 3 is 2.74 bits per heavy atom. The van der Waals surface area contributed by atoms with Gasteiger partial charge in [-0.3, -0.25) is 4.79 Å². The molecule has 1 saturated heterocycles. The molecular weight excluding hydrogens is 334 g/mol. The molecule has 0 bridgehead atoms. The van der Waals surface area contributed by atoms with E-state index in [-0.39, 0.29) is 5.41 Å². The minimum atomic E-state index is -0.0772. The van der Waals surface area contributed by atoms with Crippen LogP contribution in [0.15, 0.2) is 60.2 Å². The molecule has 0 amide bonds. The molecule has 0 N–H and O–H groups in total. The number of piperidine rings is 1. The van der Waals surface area contributed by atoms with Gasteiger partial charge in [0.25, 0.3) is 0 Å². The van der Waals surface area contributed by atoms with Crippen molar-refractivity contribution in [2.75, 3.05) is 27.2 Å². The number of carbonyl (C=O) groups excluding carboxylic acids is 1. The monoisotopic (exact) mass is 361 g/mol. The molecule has 1 saturated carbocycles. The summed E-state index contributed by atoms with van der Waals surface area (Å²) in [5, 5.41) is 0. The van der Waals surface area contributed by atoms with Gasteiger partial charge in [-0.1, -0.05) is 42.5 Å². The summed E-state index contributed by atoms with van der Waals surface area (Å²) in [6, 6.07) is 18.5. The smallest absolute Gasteiger partial charge is 0.159 e. The number of hydrogen-bond acceptors (Lipinski definition) is 3. The molecule has 1 aliphatic heterocycles. The van der Waals surface area contributed by atoms with Crippen molar-refractivity contribution in [1.29, 1.82) is 0 Å². The average Bonchev–Trinajstić information content (AvgIpc) is 2.70. The molecule has 2 unspecified atom stereocenters. The number of carbonyl (C=O) groups is 1. The molecule has 3 nitrogen and oxygen atoms in total. The first-order valence-corrected chi connectivity index (χ1v) is 9.72. The third kappa shape index (κ3) is 3.44. The van der Waals surface area contributed by atoms with E-state index in [9.17, 15) is 4.79 Å². The molecule has 1 aliphatic carbocycles. The third-order valence-electron chi connectivity index (χ3n) is 6.34. The van der Waals surface area contributed by atoms with Crippen molar-refractivity contribution in [3.63, 3.8) is 0 Å². The first-order valence-electron chi connectivity index (χ1n) is 9.72. The maximum Gasteiger partial charge on any atom is 0.159 e. The third-order valence-corrected chi connectivity index (χ3v) is 6.34. The van der Waals surface area contributed by atoms with Crippen LogP contribution in [0.3, 0.4) is 0 Å². The zero-order valence-corrected chi connectivity index (χ0v) is 16.2. The van der Waals surface area contributed by atoms with Crippen LogP contribution in [-0.2, 0) is 10.2 Å². The number of methoxy groups -OCH3 is 1. The maximum atomic E-state index is 13.2. The zero-order valence-electron chi connectivity index (χ0n) is 16.2. The van der Waals surface area contributed by atoms with Crippen molar-refractivity contribution in [2.45, 2.75) is 24.7 Å². The fourth-order valence-electron chi connectivity index (χ4n) is 4.81. The van der Waals surface area contributed by atoms with Crippen molar-refractivity contribution < 1.29 is 9.53 Å². The predicted octanol–water partition coefficient (Wildman–Crippen LogP) is 4.33. The van der Waals surface area contributed by atoms with Crippen LogP contribution in [0.4, 0.5) is 0 Å². The fraction of sp³-hybridized carbons (Fsp3) is 0.375. The number of likely N-dealkylation sites (tertiary alicyclic amines) is 1. The van der Waals surface area contributed by atoms with Crippen molar-refractivity contribution in [1.82, 2.24) is 4.90 Å². The number of nitrogens with zero attached hydrogens (tertiary/aromatic N) is 1. The minimum absolute atomic E-state index is 0.0772. The number of ketones is 1. The number of benzene rings is 2. The van der Waals surface area contributed by atoms with Gasteiger partial charge in [-0.15, -0.1) is 0 Å². The Morgan fingerprint density at radius 1 is 1.15 bits per heavy atom. The van der Waals surface area contributed by atoms with E-state index in [2.05, 4.69) is 48.4 Å². The van der Waals surface area contributed by atoms with E-state index in [4.69, 9.17) is 4.74 Å². The lowest BCUT2D eigenvalue weighted by atomic mass is 9.58. The molecule has 4 rings (SSSR count). The molecule has 0 spiro atoms. The summed E-state index contributed by atoms with van der Waals surface area (Å²) in [7, 11) is 3.89. The van der Waals surface area contributed by atoms with Gasteiger partial charge in [0.1, 0.15) is 5.75 Å². The van der Waals surface area contributed by atoms with Gasteiger partial charge in [0, 0.05) is 18.4 Å². The molecule has 2 atom stereocenters. The van der Waals surface area contributed by atoms with E-state index in [1.54, 1.807) is 7.11 Å². The quantitative estimate of drug-likeness (QED) is 0.762. The first-order chi connectivity index (χ1) is 13.1. The molecule has 27 heavy (non-hydrogen) atoms. The molecule has 0 aromatic heterocycles. The Balaban J connectivity index is 1.72. The van der Waals surface area contributed by atoms with E-state index in [0.29, 0.717) is 18.1 Å². The lowest BCUT2D eigenvalue weighted by Crippen LogP contribution is -2.52. The van der Waals surface area contributed by atoms with E-state index in [0.717, 1.165) is 42.8 Å². The van der Waals surface area contributed by atoms with Crippen LogP contribution in [0.1, 0.15) is 30.4 Å². The number of ether oxygens (including phenoxy) is 1. The molecule has 2 aromatic carbocycles. The van der Waals surface area contributed by atoms with Crippen LogP contribution in [-0.4, -0.2) is 37.9 Å². The topological polar surface area (TPSA) is 29.5 Å². The predicted molar refractivity (Wildman–Crippen MR) is 109 cm³/mol.